The maximum Gasteiger partial charge on any atom is 0.0802 e. The molecule has 2 nitrogen and oxygen atoms in total. The number of rotatable bonds is 4. The van der Waals surface area contributed by atoms with Gasteiger partial charge >= 0.3 is 0 Å². The highest BCUT2D eigenvalue weighted by atomic mass is 16.3. The van der Waals surface area contributed by atoms with Crippen LogP contribution in [0.3, 0.4) is 0 Å². The zero-order valence-corrected chi connectivity index (χ0v) is 12.6. The number of aliphatic hydroxyl groups is 1. The molecule has 0 spiro atoms. The molecule has 20 heavy (non-hydrogen) atoms. The molecular weight excluding hydrogens is 246 g/mol. The molecule has 1 aromatic rings. The molecule has 2 heteroatoms. The second-order valence-corrected chi connectivity index (χ2v) is 6.85. The quantitative estimate of drug-likeness (QED) is 0.907. The van der Waals surface area contributed by atoms with Gasteiger partial charge in [-0.2, -0.15) is 0 Å². The van der Waals surface area contributed by atoms with Crippen LogP contribution in [0.5, 0.6) is 0 Å². The number of hydrogen-bond acceptors (Lipinski definition) is 2. The van der Waals surface area contributed by atoms with E-state index in [0.29, 0.717) is 0 Å². The largest absolute Gasteiger partial charge is 0.388 e. The lowest BCUT2D eigenvalue weighted by Crippen LogP contribution is -2.30. The van der Waals surface area contributed by atoms with Gasteiger partial charge in [-0.05, 0) is 56.6 Å². The lowest BCUT2D eigenvalue weighted by molar-refractivity contribution is 0.136. The van der Waals surface area contributed by atoms with E-state index in [2.05, 4.69) is 36.1 Å². The van der Waals surface area contributed by atoms with Gasteiger partial charge in [-0.3, -0.25) is 0 Å². The standard InChI is InChI=1S/C18H27NO/c1-14-2-6-17(7-3-14)18(20)9-11-19-10-8-15-4-5-16(12-15)13-19/h2-3,6-7,15-16,18,20H,4-5,8-13H2,1H3. The van der Waals surface area contributed by atoms with Crippen LogP contribution in [-0.2, 0) is 0 Å². The van der Waals surface area contributed by atoms with Crippen LogP contribution in [0.1, 0.15) is 49.3 Å². The molecule has 110 valence electrons. The summed E-state index contributed by atoms with van der Waals surface area (Å²) in [5.74, 6) is 1.92. The molecule has 1 heterocycles. The van der Waals surface area contributed by atoms with Gasteiger partial charge in [-0.15, -0.1) is 0 Å². The molecule has 1 saturated heterocycles. The molecule has 3 atom stereocenters. The highest BCUT2D eigenvalue weighted by Gasteiger charge is 2.29. The predicted molar refractivity (Wildman–Crippen MR) is 82.6 cm³/mol. The van der Waals surface area contributed by atoms with Gasteiger partial charge < -0.3 is 10.0 Å². The summed E-state index contributed by atoms with van der Waals surface area (Å²) in [5.41, 5.74) is 2.32. The van der Waals surface area contributed by atoms with Crippen molar-refractivity contribution in [2.75, 3.05) is 19.6 Å². The van der Waals surface area contributed by atoms with E-state index in [9.17, 15) is 5.11 Å². The molecule has 1 aromatic carbocycles. The van der Waals surface area contributed by atoms with Gasteiger partial charge in [0.05, 0.1) is 6.10 Å². The number of aliphatic hydroxyl groups excluding tert-OH is 1. The first-order valence-corrected chi connectivity index (χ1v) is 8.17. The number of hydrogen-bond donors (Lipinski definition) is 1. The van der Waals surface area contributed by atoms with Crippen molar-refractivity contribution in [1.29, 1.82) is 0 Å². The van der Waals surface area contributed by atoms with Crippen LogP contribution in [0.4, 0.5) is 0 Å². The van der Waals surface area contributed by atoms with Crippen LogP contribution < -0.4 is 0 Å². The Labute approximate surface area is 122 Å². The molecule has 0 amide bonds. The van der Waals surface area contributed by atoms with Crippen molar-refractivity contribution >= 4 is 0 Å². The van der Waals surface area contributed by atoms with Crippen molar-refractivity contribution in [2.45, 2.75) is 45.1 Å². The SMILES string of the molecule is Cc1ccc(C(O)CCN2CCC3CCC(C3)C2)cc1. The Morgan fingerprint density at radius 1 is 1.15 bits per heavy atom. The minimum Gasteiger partial charge on any atom is -0.388 e. The first-order valence-electron chi connectivity index (χ1n) is 8.17. The van der Waals surface area contributed by atoms with Gasteiger partial charge in [0.1, 0.15) is 0 Å². The van der Waals surface area contributed by atoms with E-state index in [4.69, 9.17) is 0 Å². The minimum absolute atomic E-state index is 0.309. The number of benzene rings is 1. The van der Waals surface area contributed by atoms with Crippen LogP contribution in [0.15, 0.2) is 24.3 Å². The van der Waals surface area contributed by atoms with E-state index in [1.165, 1.54) is 44.3 Å². The third kappa shape index (κ3) is 3.42. The van der Waals surface area contributed by atoms with Crippen molar-refractivity contribution in [3.05, 3.63) is 35.4 Å². The molecule has 3 unspecified atom stereocenters. The fourth-order valence-corrected chi connectivity index (χ4v) is 3.89. The fourth-order valence-electron chi connectivity index (χ4n) is 3.89. The van der Waals surface area contributed by atoms with Crippen LogP contribution in [-0.4, -0.2) is 29.6 Å². The summed E-state index contributed by atoms with van der Waals surface area (Å²) in [6, 6.07) is 8.29. The summed E-state index contributed by atoms with van der Waals surface area (Å²) >= 11 is 0. The lowest BCUT2D eigenvalue weighted by Gasteiger charge is -2.25. The summed E-state index contributed by atoms with van der Waals surface area (Å²) in [6.45, 7) is 5.62. The zero-order valence-electron chi connectivity index (χ0n) is 12.6. The van der Waals surface area contributed by atoms with Gasteiger partial charge in [0.25, 0.3) is 0 Å². The van der Waals surface area contributed by atoms with Gasteiger partial charge in [0.2, 0.25) is 0 Å². The Bertz CT molecular complexity index is 428. The van der Waals surface area contributed by atoms with Crippen molar-refractivity contribution in [3.8, 4) is 0 Å². The molecule has 2 aliphatic rings. The second kappa shape index (κ2) is 6.28. The predicted octanol–water partition coefficient (Wildman–Crippen LogP) is 3.54. The normalized spacial score (nSPS) is 28.3. The number of likely N-dealkylation sites (tertiary alicyclic amines) is 1. The van der Waals surface area contributed by atoms with Gasteiger partial charge in [0, 0.05) is 13.1 Å². The number of nitrogens with zero attached hydrogens (tertiary/aromatic N) is 1. The molecule has 1 saturated carbocycles. The molecule has 1 aliphatic heterocycles. The van der Waals surface area contributed by atoms with Crippen molar-refractivity contribution < 1.29 is 5.11 Å². The topological polar surface area (TPSA) is 23.5 Å². The third-order valence-corrected chi connectivity index (χ3v) is 5.20. The van der Waals surface area contributed by atoms with E-state index < -0.39 is 0 Å². The van der Waals surface area contributed by atoms with Crippen LogP contribution in [0.2, 0.25) is 0 Å². The Kier molecular flexibility index (Phi) is 4.42. The summed E-state index contributed by atoms with van der Waals surface area (Å²) in [4.78, 5) is 2.58. The van der Waals surface area contributed by atoms with E-state index in [-0.39, 0.29) is 6.10 Å². The average molecular weight is 273 g/mol. The van der Waals surface area contributed by atoms with Gasteiger partial charge in [0.15, 0.2) is 0 Å². The summed E-state index contributed by atoms with van der Waals surface area (Å²) in [5, 5.41) is 10.3. The molecule has 2 fully saturated rings. The van der Waals surface area contributed by atoms with E-state index in [1.807, 2.05) is 0 Å². The lowest BCUT2D eigenvalue weighted by atomic mass is 10.0. The Balaban J connectivity index is 1.50. The molecule has 0 aromatic heterocycles. The van der Waals surface area contributed by atoms with Gasteiger partial charge in [-0.1, -0.05) is 36.2 Å². The van der Waals surface area contributed by atoms with Crippen LogP contribution in [0, 0.1) is 18.8 Å². The summed E-state index contributed by atoms with van der Waals surface area (Å²) < 4.78 is 0. The molecular formula is C18H27NO. The van der Waals surface area contributed by atoms with Gasteiger partial charge in [-0.25, -0.2) is 0 Å². The van der Waals surface area contributed by atoms with Crippen LogP contribution in [0.25, 0.3) is 0 Å². The van der Waals surface area contributed by atoms with Crippen molar-refractivity contribution in [2.24, 2.45) is 11.8 Å². The second-order valence-electron chi connectivity index (χ2n) is 6.85. The summed E-state index contributed by atoms with van der Waals surface area (Å²) in [6.07, 6.45) is 6.27. The van der Waals surface area contributed by atoms with Crippen LogP contribution >= 0.6 is 0 Å². The Morgan fingerprint density at radius 2 is 1.90 bits per heavy atom. The average Bonchev–Trinajstić information content (AvgIpc) is 2.78. The first kappa shape index (κ1) is 14.1. The molecule has 1 N–H and O–H groups in total. The fraction of sp³-hybridized carbons (Fsp3) is 0.667. The van der Waals surface area contributed by atoms with E-state index in [1.54, 1.807) is 0 Å². The molecule has 2 bridgehead atoms. The highest BCUT2D eigenvalue weighted by Crippen LogP contribution is 2.36. The number of fused-ring (bicyclic) bond motifs is 2. The molecule has 0 radical (unpaired) electrons. The maximum absolute atomic E-state index is 10.3. The zero-order chi connectivity index (χ0) is 13.9. The smallest absolute Gasteiger partial charge is 0.0802 e. The summed E-state index contributed by atoms with van der Waals surface area (Å²) in [7, 11) is 0. The van der Waals surface area contributed by atoms with Crippen molar-refractivity contribution in [3.63, 3.8) is 0 Å². The number of aryl methyl sites for hydroxylation is 1. The Hall–Kier alpha value is -0.860. The van der Waals surface area contributed by atoms with E-state index in [0.717, 1.165) is 30.4 Å². The first-order chi connectivity index (χ1) is 9.70. The molecule has 3 rings (SSSR count). The minimum atomic E-state index is -0.309. The Morgan fingerprint density at radius 3 is 2.70 bits per heavy atom. The van der Waals surface area contributed by atoms with E-state index >= 15 is 0 Å². The molecule has 1 aliphatic carbocycles. The third-order valence-electron chi connectivity index (χ3n) is 5.20. The monoisotopic (exact) mass is 273 g/mol. The highest BCUT2D eigenvalue weighted by molar-refractivity contribution is 5.23. The maximum atomic E-state index is 10.3. The van der Waals surface area contributed by atoms with Crippen molar-refractivity contribution in [1.82, 2.24) is 4.90 Å².